The second kappa shape index (κ2) is 14.5. The highest BCUT2D eigenvalue weighted by atomic mass is 32.2. The van der Waals surface area contributed by atoms with Gasteiger partial charge in [0.25, 0.3) is 0 Å². The van der Waals surface area contributed by atoms with E-state index >= 15 is 0 Å². The summed E-state index contributed by atoms with van der Waals surface area (Å²) in [4.78, 5) is 5.27. The lowest BCUT2D eigenvalue weighted by atomic mass is 10.0. The molecule has 0 saturated carbocycles. The van der Waals surface area contributed by atoms with Crippen LogP contribution in [-0.2, 0) is 15.3 Å². The zero-order chi connectivity index (χ0) is 22.8. The Labute approximate surface area is 205 Å². The largest absolute Gasteiger partial charge is 0.382 e. The molecule has 0 amide bonds. The van der Waals surface area contributed by atoms with Crippen LogP contribution < -0.4 is 43.1 Å². The summed E-state index contributed by atoms with van der Waals surface area (Å²) in [6, 6.07) is 3.46. The van der Waals surface area contributed by atoms with Crippen molar-refractivity contribution >= 4 is 64.7 Å². The second-order valence-corrected chi connectivity index (χ2v) is 9.46. The topological polar surface area (TPSA) is 195 Å². The van der Waals surface area contributed by atoms with Crippen LogP contribution in [0, 0.1) is 0 Å². The van der Waals surface area contributed by atoms with Crippen LogP contribution in [-0.4, -0.2) is 42.2 Å². The fourth-order valence-electron chi connectivity index (χ4n) is 2.87. The summed E-state index contributed by atoms with van der Waals surface area (Å²) in [6.45, 7) is 2.50. The molecule has 12 nitrogen and oxygen atoms in total. The predicted octanol–water partition coefficient (Wildman–Crippen LogP) is 0.0902. The molecule has 2 heterocycles. The van der Waals surface area contributed by atoms with Gasteiger partial charge in [-0.15, -0.1) is 5.10 Å². The number of hydrogen-bond donors (Lipinski definition) is 7. The SMILES string of the molecule is C1CCNC1.CNS(=O)c1ccc(-c2cnc(N)s2)c(/C(N)=N/NN)c1N(C)SON.S. The molecule has 180 valence electrons. The first-order chi connectivity index (χ1) is 14.9. The molecule has 1 saturated heterocycles. The van der Waals surface area contributed by atoms with E-state index in [2.05, 4.69) is 29.9 Å². The summed E-state index contributed by atoms with van der Waals surface area (Å²) in [5.41, 5.74) is 15.7. The Morgan fingerprint density at radius 2 is 2.09 bits per heavy atom. The van der Waals surface area contributed by atoms with Crippen molar-refractivity contribution < 1.29 is 8.49 Å². The average Bonchev–Trinajstić information content (AvgIpc) is 3.47. The zero-order valence-electron chi connectivity index (χ0n) is 17.8. The molecule has 1 atom stereocenters. The number of rotatable bonds is 8. The molecule has 2 aromatic rings. The number of nitrogens with zero attached hydrogens (tertiary/aromatic N) is 3. The Morgan fingerprint density at radius 3 is 2.56 bits per heavy atom. The van der Waals surface area contributed by atoms with Gasteiger partial charge in [-0.05, 0) is 39.0 Å². The number of benzene rings is 1. The molecule has 16 heteroatoms. The number of nitrogens with one attached hydrogen (secondary N) is 3. The van der Waals surface area contributed by atoms with Crippen molar-refractivity contribution in [2.24, 2.45) is 22.6 Å². The second-order valence-electron chi connectivity index (χ2n) is 6.12. The smallest absolute Gasteiger partial charge is 0.180 e. The number of nitrogens with two attached hydrogens (primary N) is 4. The van der Waals surface area contributed by atoms with Crippen molar-refractivity contribution in [3.05, 3.63) is 23.9 Å². The van der Waals surface area contributed by atoms with E-state index in [4.69, 9.17) is 23.2 Å². The molecule has 1 unspecified atom stereocenters. The van der Waals surface area contributed by atoms with Crippen molar-refractivity contribution in [3.63, 3.8) is 0 Å². The van der Waals surface area contributed by atoms with Crippen LogP contribution in [0.25, 0.3) is 10.4 Å². The van der Waals surface area contributed by atoms with Crippen LogP contribution >= 0.6 is 37.1 Å². The summed E-state index contributed by atoms with van der Waals surface area (Å²) < 4.78 is 21.4. The Morgan fingerprint density at radius 1 is 1.41 bits per heavy atom. The van der Waals surface area contributed by atoms with Crippen molar-refractivity contribution in [2.45, 2.75) is 17.7 Å². The van der Waals surface area contributed by atoms with Crippen molar-refractivity contribution in [2.75, 3.05) is 37.2 Å². The quantitative estimate of drug-likeness (QED) is 0.0620. The molecule has 0 aliphatic carbocycles. The van der Waals surface area contributed by atoms with Crippen LogP contribution in [0.3, 0.4) is 0 Å². The van der Waals surface area contributed by atoms with E-state index in [0.717, 1.165) is 17.1 Å². The third kappa shape index (κ3) is 7.46. The molecule has 1 aliphatic rings. The van der Waals surface area contributed by atoms with Gasteiger partial charge >= 0.3 is 0 Å². The number of amidine groups is 1. The van der Waals surface area contributed by atoms with Gasteiger partial charge in [0, 0.05) is 18.8 Å². The lowest BCUT2D eigenvalue weighted by molar-refractivity contribution is 0.397. The minimum Gasteiger partial charge on any atom is -0.382 e. The van der Waals surface area contributed by atoms with E-state index in [1.807, 2.05) is 0 Å². The Bertz CT molecular complexity index is 899. The Kier molecular flexibility index (Phi) is 12.9. The summed E-state index contributed by atoms with van der Waals surface area (Å²) in [6.07, 6.45) is 4.40. The summed E-state index contributed by atoms with van der Waals surface area (Å²) in [5.74, 6) is 10.5. The zero-order valence-corrected chi connectivity index (χ0v) is 21.2. The molecule has 3 rings (SSSR count). The minimum atomic E-state index is -1.52. The number of nitrogen functional groups attached to an aromatic ring is 1. The standard InChI is InChI=1S/C12H19N9O2S3.C4H9N.H2S/c1-17-26(22)8-4-3-6(7-5-18-12(14)24-7)9(11(13)19-20-15)10(8)21(2)25-23-16;1-2-4-5-3-1;/h3-5,17,20H,15-16H2,1-2H3,(H2,13,19)(H2,14,18);5H,1-4H2;1H2. The van der Waals surface area contributed by atoms with Crippen LogP contribution in [0.5, 0.6) is 0 Å². The monoisotopic (exact) mass is 522 g/mol. The highest BCUT2D eigenvalue weighted by Gasteiger charge is 2.25. The number of aromatic nitrogens is 1. The van der Waals surface area contributed by atoms with Crippen molar-refractivity contribution in [1.29, 1.82) is 0 Å². The van der Waals surface area contributed by atoms with Crippen LogP contribution in [0.15, 0.2) is 28.3 Å². The van der Waals surface area contributed by atoms with Gasteiger partial charge < -0.3 is 16.8 Å². The van der Waals surface area contributed by atoms with Gasteiger partial charge in [0.2, 0.25) is 0 Å². The number of anilines is 2. The number of hydrazine groups is 1. The van der Waals surface area contributed by atoms with Gasteiger partial charge in [-0.2, -0.15) is 13.5 Å². The summed E-state index contributed by atoms with van der Waals surface area (Å²) in [5, 5.41) is 7.49. The predicted molar refractivity (Wildman–Crippen MR) is 139 cm³/mol. The molecule has 1 aromatic heterocycles. The Hall–Kier alpha value is -1.63. The third-order valence-electron chi connectivity index (χ3n) is 4.18. The third-order valence-corrected chi connectivity index (χ3v) is 6.63. The van der Waals surface area contributed by atoms with Gasteiger partial charge in [-0.3, -0.25) is 4.31 Å². The molecule has 1 aliphatic heterocycles. The van der Waals surface area contributed by atoms with E-state index in [1.54, 1.807) is 36.7 Å². The molecule has 1 aromatic carbocycles. The lowest BCUT2D eigenvalue weighted by Gasteiger charge is -2.23. The molecule has 0 radical (unpaired) electrons. The molecule has 0 bridgehead atoms. The van der Waals surface area contributed by atoms with E-state index in [1.165, 1.54) is 37.3 Å². The van der Waals surface area contributed by atoms with Gasteiger partial charge in [0.1, 0.15) is 23.2 Å². The van der Waals surface area contributed by atoms with E-state index in [0.29, 0.717) is 26.8 Å². The molecule has 0 spiro atoms. The highest BCUT2D eigenvalue weighted by Crippen LogP contribution is 2.39. The van der Waals surface area contributed by atoms with Crippen LogP contribution in [0.4, 0.5) is 10.8 Å². The first kappa shape index (κ1) is 28.4. The van der Waals surface area contributed by atoms with Crippen LogP contribution in [0.2, 0.25) is 0 Å². The van der Waals surface area contributed by atoms with Gasteiger partial charge in [0.05, 0.1) is 21.0 Å². The lowest BCUT2D eigenvalue weighted by Crippen LogP contribution is -2.27. The van der Waals surface area contributed by atoms with Crippen molar-refractivity contribution in [1.82, 2.24) is 20.6 Å². The van der Waals surface area contributed by atoms with Gasteiger partial charge in [-0.25, -0.2) is 35.5 Å². The van der Waals surface area contributed by atoms with E-state index in [9.17, 15) is 4.21 Å². The molecule has 11 N–H and O–H groups in total. The van der Waals surface area contributed by atoms with Gasteiger partial charge in [-0.1, -0.05) is 17.4 Å². The normalized spacial score (nSPS) is 14.2. The number of thiazole rings is 1. The van der Waals surface area contributed by atoms with Crippen molar-refractivity contribution in [3.8, 4) is 10.4 Å². The first-order valence-electron chi connectivity index (χ1n) is 9.19. The average molecular weight is 523 g/mol. The maximum Gasteiger partial charge on any atom is 0.180 e. The molecule has 1 fully saturated rings. The minimum absolute atomic E-state index is 0. The highest BCUT2D eigenvalue weighted by molar-refractivity contribution is 7.96. The number of hydrogen-bond acceptors (Lipinski definition) is 12. The summed E-state index contributed by atoms with van der Waals surface area (Å²) in [7, 11) is 1.74. The molecular formula is C16H30N10O2S4. The number of hydrazone groups is 1. The van der Waals surface area contributed by atoms with Crippen LogP contribution in [0.1, 0.15) is 18.4 Å². The maximum absolute atomic E-state index is 12.5. The van der Waals surface area contributed by atoms with E-state index in [-0.39, 0.29) is 19.3 Å². The van der Waals surface area contributed by atoms with Gasteiger partial charge in [0.15, 0.2) is 11.0 Å². The Balaban J connectivity index is 0.000000750. The fraction of sp³-hybridized carbons (Fsp3) is 0.375. The first-order valence-corrected chi connectivity index (χ1v) is 11.9. The molecule has 32 heavy (non-hydrogen) atoms. The molecular weight excluding hydrogens is 493 g/mol. The fourth-order valence-corrected chi connectivity index (χ4v) is 4.87. The maximum atomic E-state index is 12.5. The van der Waals surface area contributed by atoms with E-state index < -0.39 is 11.0 Å². The summed E-state index contributed by atoms with van der Waals surface area (Å²) >= 11 is 2.11.